The molecule has 0 spiro atoms. The van der Waals surface area contributed by atoms with Gasteiger partial charge in [-0.1, -0.05) is 19.1 Å². The molecule has 5 nitrogen and oxygen atoms in total. The summed E-state index contributed by atoms with van der Waals surface area (Å²) in [4.78, 5) is 18.5. The summed E-state index contributed by atoms with van der Waals surface area (Å²) in [5.74, 6) is 0.682. The molecule has 2 aromatic rings. The number of carbonyl (C=O) groups is 1. The summed E-state index contributed by atoms with van der Waals surface area (Å²) in [6.45, 7) is 1.91. The Morgan fingerprint density at radius 2 is 2.09 bits per heavy atom. The van der Waals surface area contributed by atoms with Crippen molar-refractivity contribution in [2.24, 2.45) is 0 Å². The Balaban J connectivity index is 2.08. The highest BCUT2D eigenvalue weighted by Gasteiger charge is 2.22. The summed E-state index contributed by atoms with van der Waals surface area (Å²) in [7, 11) is 3.31. The molecule has 0 aliphatic carbocycles. The number of aromatic nitrogens is 1. The molecule has 0 saturated heterocycles. The van der Waals surface area contributed by atoms with Gasteiger partial charge in [0.2, 0.25) is 5.91 Å². The van der Waals surface area contributed by atoms with E-state index in [4.69, 9.17) is 4.74 Å². The second-order valence-electron chi connectivity index (χ2n) is 5.24. The number of aliphatic hydroxyl groups excluding tert-OH is 1. The molecular formula is C17H22N2O3S. The van der Waals surface area contributed by atoms with Crippen LogP contribution in [0.15, 0.2) is 29.6 Å². The lowest BCUT2D eigenvalue weighted by atomic mass is 10.1. The number of carbonyl (C=O) groups excluding carboxylic acids is 1. The Bertz CT molecular complexity index is 640. The van der Waals surface area contributed by atoms with E-state index in [9.17, 15) is 9.90 Å². The van der Waals surface area contributed by atoms with E-state index in [1.54, 1.807) is 30.4 Å². The third-order valence-corrected chi connectivity index (χ3v) is 4.81. The second-order valence-corrected chi connectivity index (χ2v) is 6.18. The zero-order chi connectivity index (χ0) is 16.8. The number of hydrogen-bond donors (Lipinski definition) is 1. The highest BCUT2D eigenvalue weighted by molar-refractivity contribution is 7.09. The van der Waals surface area contributed by atoms with Crippen molar-refractivity contribution in [2.75, 3.05) is 20.8 Å². The summed E-state index contributed by atoms with van der Waals surface area (Å²) < 4.78 is 5.13. The van der Waals surface area contributed by atoms with Crippen LogP contribution >= 0.6 is 11.3 Å². The number of ether oxygens (including phenoxy) is 1. The van der Waals surface area contributed by atoms with Gasteiger partial charge in [-0.3, -0.25) is 4.79 Å². The minimum atomic E-state index is -0.377. The van der Waals surface area contributed by atoms with Crippen LogP contribution in [0.1, 0.15) is 29.2 Å². The van der Waals surface area contributed by atoms with Crippen LogP contribution in [0.4, 0.5) is 0 Å². The maximum atomic E-state index is 12.5. The van der Waals surface area contributed by atoms with Crippen molar-refractivity contribution >= 4 is 17.2 Å². The van der Waals surface area contributed by atoms with Crippen LogP contribution in [0.25, 0.3) is 0 Å². The Hall–Kier alpha value is -1.92. The zero-order valence-corrected chi connectivity index (χ0v) is 14.5. The van der Waals surface area contributed by atoms with E-state index < -0.39 is 0 Å². The summed E-state index contributed by atoms with van der Waals surface area (Å²) in [5, 5.41) is 12.6. The van der Waals surface area contributed by atoms with E-state index in [-0.39, 0.29) is 25.0 Å². The molecule has 1 heterocycles. The van der Waals surface area contributed by atoms with Crippen LogP contribution in [0, 0.1) is 0 Å². The fraction of sp³-hybridized carbons (Fsp3) is 0.412. The van der Waals surface area contributed by atoms with Crippen LogP contribution in [-0.2, 0) is 17.6 Å². The van der Waals surface area contributed by atoms with Crippen molar-refractivity contribution in [3.63, 3.8) is 0 Å². The van der Waals surface area contributed by atoms with Gasteiger partial charge < -0.3 is 14.7 Å². The van der Waals surface area contributed by atoms with Crippen LogP contribution in [0.3, 0.4) is 0 Å². The van der Waals surface area contributed by atoms with E-state index >= 15 is 0 Å². The Labute approximate surface area is 140 Å². The molecule has 0 fully saturated rings. The Kier molecular flexibility index (Phi) is 6.12. The van der Waals surface area contributed by atoms with Gasteiger partial charge in [0.05, 0.1) is 36.9 Å². The molecule has 1 unspecified atom stereocenters. The lowest BCUT2D eigenvalue weighted by Crippen LogP contribution is -2.34. The molecule has 1 aromatic heterocycles. The summed E-state index contributed by atoms with van der Waals surface area (Å²) in [6.07, 6.45) is 1.12. The zero-order valence-electron chi connectivity index (χ0n) is 13.7. The summed E-state index contributed by atoms with van der Waals surface area (Å²) >= 11 is 1.57. The minimum Gasteiger partial charge on any atom is -0.497 e. The van der Waals surface area contributed by atoms with Crippen molar-refractivity contribution in [2.45, 2.75) is 25.8 Å². The summed E-state index contributed by atoms with van der Waals surface area (Å²) in [5.41, 5.74) is 1.66. The highest BCUT2D eigenvalue weighted by atomic mass is 32.1. The molecule has 6 heteroatoms. The van der Waals surface area contributed by atoms with E-state index in [0.717, 1.165) is 28.4 Å². The normalized spacial score (nSPS) is 12.0. The summed E-state index contributed by atoms with van der Waals surface area (Å²) in [6, 6.07) is 7.00. The van der Waals surface area contributed by atoms with Crippen molar-refractivity contribution in [3.05, 3.63) is 45.9 Å². The molecule has 0 bridgehead atoms. The average Bonchev–Trinajstić information content (AvgIpc) is 3.03. The number of aryl methyl sites for hydroxylation is 1. The van der Waals surface area contributed by atoms with Gasteiger partial charge in [-0.15, -0.1) is 11.3 Å². The fourth-order valence-corrected chi connectivity index (χ4v) is 3.07. The predicted octanol–water partition coefficient (Wildman–Crippen LogP) is 2.45. The molecule has 0 aliphatic rings. The number of aliphatic hydroxyl groups is 1. The van der Waals surface area contributed by atoms with Crippen molar-refractivity contribution in [1.29, 1.82) is 0 Å². The number of amides is 1. The van der Waals surface area contributed by atoms with E-state index in [1.807, 2.05) is 36.6 Å². The third kappa shape index (κ3) is 4.30. The molecule has 124 valence electrons. The van der Waals surface area contributed by atoms with Crippen LogP contribution in [0.2, 0.25) is 0 Å². The predicted molar refractivity (Wildman–Crippen MR) is 90.8 cm³/mol. The minimum absolute atomic E-state index is 0.0622. The topological polar surface area (TPSA) is 62.7 Å². The van der Waals surface area contributed by atoms with Gasteiger partial charge in [0.15, 0.2) is 0 Å². The molecule has 1 N–H and O–H groups in total. The molecule has 0 saturated carbocycles. The molecule has 1 aromatic carbocycles. The highest BCUT2D eigenvalue weighted by Crippen LogP contribution is 2.22. The largest absolute Gasteiger partial charge is 0.497 e. The average molecular weight is 334 g/mol. The first-order valence-electron chi connectivity index (χ1n) is 7.52. The first kappa shape index (κ1) is 17.4. The molecule has 23 heavy (non-hydrogen) atoms. The second kappa shape index (κ2) is 8.08. The van der Waals surface area contributed by atoms with Crippen LogP contribution in [-0.4, -0.2) is 41.7 Å². The van der Waals surface area contributed by atoms with Gasteiger partial charge in [-0.2, -0.15) is 0 Å². The lowest BCUT2D eigenvalue weighted by molar-refractivity contribution is -0.132. The van der Waals surface area contributed by atoms with Crippen molar-refractivity contribution in [1.82, 2.24) is 9.88 Å². The SMILES string of the molecule is CCc1nc(CC(=O)N(C)C(CO)c2ccc(OC)cc2)cs1. The molecule has 1 amide bonds. The number of hydrogen-bond acceptors (Lipinski definition) is 5. The van der Waals surface area contributed by atoms with Gasteiger partial charge >= 0.3 is 0 Å². The maximum Gasteiger partial charge on any atom is 0.228 e. The van der Waals surface area contributed by atoms with Gasteiger partial charge in [0, 0.05) is 12.4 Å². The number of benzene rings is 1. The molecule has 0 radical (unpaired) electrons. The van der Waals surface area contributed by atoms with Gasteiger partial charge in [-0.25, -0.2) is 4.98 Å². The van der Waals surface area contributed by atoms with Gasteiger partial charge in [0.1, 0.15) is 5.75 Å². The lowest BCUT2D eigenvalue weighted by Gasteiger charge is -2.27. The van der Waals surface area contributed by atoms with Gasteiger partial charge in [0.25, 0.3) is 0 Å². The van der Waals surface area contributed by atoms with E-state index in [1.165, 1.54) is 0 Å². The molecule has 2 rings (SSSR count). The first-order chi connectivity index (χ1) is 11.1. The quantitative estimate of drug-likeness (QED) is 0.845. The third-order valence-electron chi connectivity index (χ3n) is 3.77. The Morgan fingerprint density at radius 3 is 2.61 bits per heavy atom. The van der Waals surface area contributed by atoms with Crippen LogP contribution < -0.4 is 4.74 Å². The van der Waals surface area contributed by atoms with E-state index in [0.29, 0.717) is 0 Å². The number of rotatable bonds is 7. The first-order valence-corrected chi connectivity index (χ1v) is 8.40. The van der Waals surface area contributed by atoms with Crippen molar-refractivity contribution in [3.8, 4) is 5.75 Å². The molecule has 0 aliphatic heterocycles. The number of likely N-dealkylation sites (N-methyl/N-ethyl adjacent to an activating group) is 1. The Morgan fingerprint density at radius 1 is 1.39 bits per heavy atom. The van der Waals surface area contributed by atoms with E-state index in [2.05, 4.69) is 4.98 Å². The van der Waals surface area contributed by atoms with Crippen LogP contribution in [0.5, 0.6) is 5.75 Å². The van der Waals surface area contributed by atoms with Crippen molar-refractivity contribution < 1.29 is 14.6 Å². The fourth-order valence-electron chi connectivity index (χ4n) is 2.32. The standard InChI is InChI=1S/C17H22N2O3S/c1-4-16-18-13(11-23-16)9-17(21)19(2)15(10-20)12-5-7-14(22-3)8-6-12/h5-8,11,15,20H,4,9-10H2,1-3H3. The molecular weight excluding hydrogens is 312 g/mol. The number of nitrogens with zero attached hydrogens (tertiary/aromatic N) is 2. The molecule has 1 atom stereocenters. The number of methoxy groups -OCH3 is 1. The monoisotopic (exact) mass is 334 g/mol. The smallest absolute Gasteiger partial charge is 0.228 e. The van der Waals surface area contributed by atoms with Gasteiger partial charge in [-0.05, 0) is 24.1 Å². The maximum absolute atomic E-state index is 12.5. The number of thiazole rings is 1.